The lowest BCUT2D eigenvalue weighted by molar-refractivity contribution is 0.0693. The highest BCUT2D eigenvalue weighted by Crippen LogP contribution is 2.42. The summed E-state index contributed by atoms with van der Waals surface area (Å²) in [5.74, 6) is 3.00. The first-order chi connectivity index (χ1) is 11.3. The molecule has 0 saturated carbocycles. The Morgan fingerprint density at radius 3 is 2.57 bits per heavy atom. The van der Waals surface area contributed by atoms with E-state index < -0.39 is 0 Å². The number of benzene rings is 2. The zero-order valence-electron chi connectivity index (χ0n) is 13.1. The van der Waals surface area contributed by atoms with Crippen LogP contribution in [0.15, 0.2) is 30.3 Å². The largest absolute Gasteiger partial charge is 0.493 e. The van der Waals surface area contributed by atoms with Crippen LogP contribution in [-0.2, 0) is 11.2 Å². The van der Waals surface area contributed by atoms with Gasteiger partial charge in [-0.3, -0.25) is 0 Å². The van der Waals surface area contributed by atoms with Crippen molar-refractivity contribution in [3.8, 4) is 23.0 Å². The molecule has 2 aromatic rings. The van der Waals surface area contributed by atoms with Crippen molar-refractivity contribution >= 4 is 0 Å². The molecule has 2 aliphatic rings. The molecule has 23 heavy (non-hydrogen) atoms. The molecule has 0 fully saturated rings. The van der Waals surface area contributed by atoms with E-state index in [4.69, 9.17) is 23.7 Å². The van der Waals surface area contributed by atoms with Gasteiger partial charge in [0.2, 0.25) is 6.79 Å². The van der Waals surface area contributed by atoms with Crippen molar-refractivity contribution < 1.29 is 23.7 Å². The van der Waals surface area contributed by atoms with Crippen LogP contribution < -0.4 is 18.9 Å². The van der Waals surface area contributed by atoms with Gasteiger partial charge < -0.3 is 23.7 Å². The average molecular weight is 314 g/mol. The Labute approximate surface area is 134 Å². The number of methoxy groups -OCH3 is 2. The second kappa shape index (κ2) is 5.66. The van der Waals surface area contributed by atoms with E-state index in [1.807, 2.05) is 30.3 Å². The summed E-state index contributed by atoms with van der Waals surface area (Å²) >= 11 is 0. The third-order valence-corrected chi connectivity index (χ3v) is 4.28. The van der Waals surface area contributed by atoms with Gasteiger partial charge in [0.25, 0.3) is 0 Å². The lowest BCUT2D eigenvalue weighted by atomic mass is 9.92. The van der Waals surface area contributed by atoms with Gasteiger partial charge in [0, 0.05) is 0 Å². The number of hydrogen-bond acceptors (Lipinski definition) is 5. The average Bonchev–Trinajstić information content (AvgIpc) is 3.07. The summed E-state index contributed by atoms with van der Waals surface area (Å²) in [4.78, 5) is 0. The quantitative estimate of drug-likeness (QED) is 0.871. The molecule has 0 N–H and O–H groups in total. The van der Waals surface area contributed by atoms with Crippen LogP contribution in [0.25, 0.3) is 0 Å². The minimum atomic E-state index is -0.145. The molecule has 5 heteroatoms. The number of fused-ring (bicyclic) bond motifs is 2. The van der Waals surface area contributed by atoms with Gasteiger partial charge in [-0.1, -0.05) is 6.07 Å². The van der Waals surface area contributed by atoms with Gasteiger partial charge in [-0.05, 0) is 47.4 Å². The van der Waals surface area contributed by atoms with Crippen molar-refractivity contribution in [2.45, 2.75) is 12.5 Å². The van der Waals surface area contributed by atoms with Gasteiger partial charge in [0.05, 0.1) is 20.8 Å². The highest BCUT2D eigenvalue weighted by Gasteiger charge is 2.26. The van der Waals surface area contributed by atoms with Gasteiger partial charge >= 0.3 is 0 Å². The smallest absolute Gasteiger partial charge is 0.231 e. The van der Waals surface area contributed by atoms with Crippen LogP contribution in [0.2, 0.25) is 0 Å². The molecule has 1 atom stereocenters. The Bertz CT molecular complexity index is 740. The van der Waals surface area contributed by atoms with E-state index in [-0.39, 0.29) is 12.9 Å². The molecule has 0 unspecified atom stereocenters. The van der Waals surface area contributed by atoms with Crippen molar-refractivity contribution in [1.29, 1.82) is 0 Å². The first-order valence-electron chi connectivity index (χ1n) is 7.56. The SMILES string of the molecule is COc1cc2c(cc1OC)[C@@H](c1ccc3c(c1)OCO3)OCC2. The molecule has 0 spiro atoms. The van der Waals surface area contributed by atoms with E-state index in [1.165, 1.54) is 5.56 Å². The van der Waals surface area contributed by atoms with Crippen molar-refractivity contribution in [3.05, 3.63) is 47.0 Å². The first kappa shape index (κ1) is 14.2. The van der Waals surface area contributed by atoms with Gasteiger partial charge in [-0.25, -0.2) is 0 Å². The summed E-state index contributed by atoms with van der Waals surface area (Å²) in [6.07, 6.45) is 0.713. The van der Waals surface area contributed by atoms with Gasteiger partial charge in [0.15, 0.2) is 23.0 Å². The standard InChI is InChI=1S/C18H18O5/c1-19-15-7-11-5-6-21-18(13(11)9-16(15)20-2)12-3-4-14-17(8-12)23-10-22-14/h3-4,7-9,18H,5-6,10H2,1-2H3/t18-/m1/s1. The maximum atomic E-state index is 6.03. The molecule has 0 aliphatic carbocycles. The van der Waals surface area contributed by atoms with Crippen LogP contribution in [0.4, 0.5) is 0 Å². The number of rotatable bonds is 3. The normalized spacial score (nSPS) is 18.4. The molecular weight excluding hydrogens is 296 g/mol. The van der Waals surface area contributed by atoms with E-state index in [1.54, 1.807) is 14.2 Å². The summed E-state index contributed by atoms with van der Waals surface area (Å²) in [5, 5.41) is 0. The molecule has 0 radical (unpaired) electrons. The second-order valence-electron chi connectivity index (χ2n) is 5.52. The van der Waals surface area contributed by atoms with Gasteiger partial charge in [-0.15, -0.1) is 0 Å². The third kappa shape index (κ3) is 2.37. The molecule has 2 aliphatic heterocycles. The fraction of sp³-hybridized carbons (Fsp3) is 0.333. The highest BCUT2D eigenvalue weighted by atomic mass is 16.7. The molecule has 0 saturated heterocycles. The van der Waals surface area contributed by atoms with E-state index in [0.717, 1.165) is 34.8 Å². The summed E-state index contributed by atoms with van der Waals surface area (Å²) < 4.78 is 27.7. The fourth-order valence-corrected chi connectivity index (χ4v) is 3.13. The topological polar surface area (TPSA) is 46.2 Å². The zero-order valence-corrected chi connectivity index (χ0v) is 13.1. The summed E-state index contributed by atoms with van der Waals surface area (Å²) in [7, 11) is 3.29. The van der Waals surface area contributed by atoms with E-state index in [0.29, 0.717) is 12.4 Å². The molecule has 2 heterocycles. The van der Waals surface area contributed by atoms with Crippen molar-refractivity contribution in [3.63, 3.8) is 0 Å². The molecule has 4 rings (SSSR count). The fourth-order valence-electron chi connectivity index (χ4n) is 3.13. The summed E-state index contributed by atoms with van der Waals surface area (Å²) in [5.41, 5.74) is 3.37. The van der Waals surface area contributed by atoms with Crippen molar-refractivity contribution in [2.75, 3.05) is 27.6 Å². The molecule has 0 amide bonds. The highest BCUT2D eigenvalue weighted by molar-refractivity contribution is 5.52. The van der Waals surface area contributed by atoms with Crippen LogP contribution in [0.1, 0.15) is 22.8 Å². The molecule has 2 aromatic carbocycles. The van der Waals surface area contributed by atoms with E-state index in [9.17, 15) is 0 Å². The van der Waals surface area contributed by atoms with E-state index >= 15 is 0 Å². The maximum Gasteiger partial charge on any atom is 0.231 e. The van der Waals surface area contributed by atoms with Crippen LogP contribution >= 0.6 is 0 Å². The molecule has 120 valence electrons. The zero-order chi connectivity index (χ0) is 15.8. The van der Waals surface area contributed by atoms with Crippen LogP contribution in [-0.4, -0.2) is 27.6 Å². The predicted molar refractivity (Wildman–Crippen MR) is 83.6 cm³/mol. The lowest BCUT2D eigenvalue weighted by Crippen LogP contribution is -2.17. The Kier molecular flexibility index (Phi) is 3.50. The van der Waals surface area contributed by atoms with Crippen molar-refractivity contribution in [1.82, 2.24) is 0 Å². The van der Waals surface area contributed by atoms with Crippen molar-refractivity contribution in [2.24, 2.45) is 0 Å². The minimum absolute atomic E-state index is 0.145. The number of ether oxygens (including phenoxy) is 5. The third-order valence-electron chi connectivity index (χ3n) is 4.28. The Hall–Kier alpha value is -2.40. The minimum Gasteiger partial charge on any atom is -0.493 e. The van der Waals surface area contributed by atoms with Crippen LogP contribution in [0.3, 0.4) is 0 Å². The van der Waals surface area contributed by atoms with Gasteiger partial charge in [-0.2, -0.15) is 0 Å². The van der Waals surface area contributed by atoms with Gasteiger partial charge in [0.1, 0.15) is 6.10 Å². The predicted octanol–water partition coefficient (Wildman–Crippen LogP) is 3.09. The summed E-state index contributed by atoms with van der Waals surface area (Å²) in [6.45, 7) is 0.938. The summed E-state index contributed by atoms with van der Waals surface area (Å²) in [6, 6.07) is 9.97. The monoisotopic (exact) mass is 314 g/mol. The lowest BCUT2D eigenvalue weighted by Gasteiger charge is -2.27. The van der Waals surface area contributed by atoms with Crippen LogP contribution in [0.5, 0.6) is 23.0 Å². The molecular formula is C18H18O5. The number of hydrogen-bond donors (Lipinski definition) is 0. The first-order valence-corrected chi connectivity index (χ1v) is 7.56. The van der Waals surface area contributed by atoms with Crippen LogP contribution in [0, 0.1) is 0 Å². The second-order valence-corrected chi connectivity index (χ2v) is 5.52. The maximum absolute atomic E-state index is 6.03. The van der Waals surface area contributed by atoms with E-state index in [2.05, 4.69) is 0 Å². The molecule has 0 bridgehead atoms. The Morgan fingerprint density at radius 1 is 0.957 bits per heavy atom. The Balaban J connectivity index is 1.78. The molecule has 5 nitrogen and oxygen atoms in total. The molecule has 0 aromatic heterocycles. The Morgan fingerprint density at radius 2 is 1.74 bits per heavy atom.